The summed E-state index contributed by atoms with van der Waals surface area (Å²) in [5.41, 5.74) is -0.137. The smallest absolute Gasteiger partial charge is 0.315 e. The van der Waals surface area contributed by atoms with Gasteiger partial charge in [0.1, 0.15) is 0 Å². The predicted molar refractivity (Wildman–Crippen MR) is 109 cm³/mol. The molecule has 0 bridgehead atoms. The minimum Gasteiger partial charge on any atom is -0.453 e. The van der Waals surface area contributed by atoms with E-state index in [1.54, 1.807) is 0 Å². The molecular weight excluding hydrogens is 354 g/mol. The summed E-state index contributed by atoms with van der Waals surface area (Å²) in [6.07, 6.45) is 1.04. The van der Waals surface area contributed by atoms with Crippen molar-refractivity contribution in [2.45, 2.75) is 66.0 Å². The van der Waals surface area contributed by atoms with Crippen LogP contribution in [0.4, 0.5) is 0 Å². The van der Waals surface area contributed by atoms with Crippen molar-refractivity contribution in [2.24, 2.45) is 11.3 Å². The van der Waals surface area contributed by atoms with Gasteiger partial charge in [0.15, 0.2) is 5.60 Å². The van der Waals surface area contributed by atoms with E-state index in [1.165, 1.54) is 0 Å². The Morgan fingerprint density at radius 3 is 2.32 bits per heavy atom. The molecule has 1 aromatic carbocycles. The minimum atomic E-state index is -0.653. The molecule has 1 heterocycles. The van der Waals surface area contributed by atoms with Crippen LogP contribution in [0.15, 0.2) is 30.3 Å². The maximum absolute atomic E-state index is 12.3. The maximum atomic E-state index is 12.3. The van der Waals surface area contributed by atoms with Gasteiger partial charge in [-0.1, -0.05) is 44.2 Å². The molecule has 1 aliphatic rings. The highest BCUT2D eigenvalue weighted by Crippen LogP contribution is 2.45. The third-order valence-corrected chi connectivity index (χ3v) is 6.10. The van der Waals surface area contributed by atoms with E-state index in [0.29, 0.717) is 24.1 Å². The third-order valence-electron chi connectivity index (χ3n) is 6.10. The van der Waals surface area contributed by atoms with Crippen LogP contribution >= 0.6 is 0 Å². The van der Waals surface area contributed by atoms with E-state index in [0.717, 1.165) is 12.1 Å². The number of rotatable bonds is 5. The number of hydrogen-bond donors (Lipinski definition) is 0. The molecule has 1 saturated heterocycles. The molecule has 28 heavy (non-hydrogen) atoms. The third kappa shape index (κ3) is 4.57. The maximum Gasteiger partial charge on any atom is 0.315 e. The number of quaternary nitrogens is 1. The van der Waals surface area contributed by atoms with Crippen LogP contribution in [-0.4, -0.2) is 42.8 Å². The molecule has 5 heteroatoms. The largest absolute Gasteiger partial charge is 0.453 e. The van der Waals surface area contributed by atoms with Gasteiger partial charge in [-0.2, -0.15) is 0 Å². The molecule has 5 nitrogen and oxygen atoms in total. The number of esters is 2. The van der Waals surface area contributed by atoms with Gasteiger partial charge in [-0.05, 0) is 33.3 Å². The second-order valence-electron chi connectivity index (χ2n) is 9.51. The summed E-state index contributed by atoms with van der Waals surface area (Å²) in [5, 5.41) is 0. The monoisotopic (exact) mass is 390 g/mol. The Hall–Kier alpha value is -1.88. The predicted octanol–water partition coefficient (Wildman–Crippen LogP) is 4.26. The van der Waals surface area contributed by atoms with Crippen LogP contribution in [-0.2, 0) is 24.7 Å². The number of carbonyl (C=O) groups excluding carboxylic acids is 2. The molecule has 156 valence electrons. The van der Waals surface area contributed by atoms with Crippen LogP contribution in [0.3, 0.4) is 0 Å². The fourth-order valence-corrected chi connectivity index (χ4v) is 4.02. The summed E-state index contributed by atoms with van der Waals surface area (Å²) in [5.74, 6) is -0.290. The van der Waals surface area contributed by atoms with E-state index < -0.39 is 11.0 Å². The summed E-state index contributed by atoms with van der Waals surface area (Å²) >= 11 is 0. The standard InChI is InChI=1S/C23H36NO4/c1-8-20(25)28-23(19-12-10-9-11-13-19)14-18(3)24(7,15-17(23)2)16-27-21(26)22(4,5)6/h9-13,17-18H,8,14-16H2,1-7H3/q+1. The van der Waals surface area contributed by atoms with E-state index in [1.807, 2.05) is 58.0 Å². The quantitative estimate of drug-likeness (QED) is 0.557. The zero-order valence-electron chi connectivity index (χ0n) is 18.5. The highest BCUT2D eigenvalue weighted by molar-refractivity contribution is 5.75. The first-order valence-corrected chi connectivity index (χ1v) is 10.2. The van der Waals surface area contributed by atoms with Crippen molar-refractivity contribution in [1.29, 1.82) is 0 Å². The highest BCUT2D eigenvalue weighted by atomic mass is 16.6. The lowest BCUT2D eigenvalue weighted by Crippen LogP contribution is -2.64. The summed E-state index contributed by atoms with van der Waals surface area (Å²) in [6, 6.07) is 10.2. The Kier molecular flexibility index (Phi) is 6.59. The van der Waals surface area contributed by atoms with Crippen molar-refractivity contribution >= 4 is 11.9 Å². The van der Waals surface area contributed by atoms with Crippen molar-refractivity contribution in [3.05, 3.63) is 35.9 Å². The SMILES string of the molecule is CCC(=O)OC1(c2ccccc2)CC(C)[N+](C)(COC(=O)C(C)(C)C)CC1C. The van der Waals surface area contributed by atoms with Gasteiger partial charge in [-0.3, -0.25) is 14.1 Å². The van der Waals surface area contributed by atoms with Crippen molar-refractivity contribution in [2.75, 3.05) is 20.3 Å². The van der Waals surface area contributed by atoms with Crippen LogP contribution in [0.25, 0.3) is 0 Å². The van der Waals surface area contributed by atoms with E-state index in [9.17, 15) is 9.59 Å². The molecule has 1 fully saturated rings. The summed E-state index contributed by atoms with van der Waals surface area (Å²) < 4.78 is 12.4. The number of ether oxygens (including phenoxy) is 2. The van der Waals surface area contributed by atoms with Gasteiger partial charge in [-0.15, -0.1) is 0 Å². The van der Waals surface area contributed by atoms with Crippen LogP contribution in [0, 0.1) is 11.3 Å². The first-order valence-electron chi connectivity index (χ1n) is 10.2. The Bertz CT molecular complexity index is 696. The van der Waals surface area contributed by atoms with Crippen molar-refractivity contribution in [3.8, 4) is 0 Å². The molecule has 1 aromatic rings. The molecular formula is C23H36NO4+. The van der Waals surface area contributed by atoms with E-state index >= 15 is 0 Å². The van der Waals surface area contributed by atoms with Crippen molar-refractivity contribution < 1.29 is 23.5 Å². The van der Waals surface area contributed by atoms with Gasteiger partial charge < -0.3 is 9.47 Å². The van der Waals surface area contributed by atoms with Crippen LogP contribution in [0.1, 0.15) is 59.9 Å². The first kappa shape index (κ1) is 22.4. The topological polar surface area (TPSA) is 52.6 Å². The average Bonchev–Trinajstić information content (AvgIpc) is 2.64. The van der Waals surface area contributed by atoms with Crippen LogP contribution < -0.4 is 0 Å². The Morgan fingerprint density at radius 1 is 1.18 bits per heavy atom. The van der Waals surface area contributed by atoms with Crippen LogP contribution in [0.2, 0.25) is 0 Å². The summed E-state index contributed by atoms with van der Waals surface area (Å²) in [7, 11) is 2.12. The second kappa shape index (κ2) is 8.24. The summed E-state index contributed by atoms with van der Waals surface area (Å²) in [4.78, 5) is 24.6. The number of benzene rings is 1. The lowest BCUT2D eigenvalue weighted by molar-refractivity contribution is -0.957. The van der Waals surface area contributed by atoms with E-state index in [2.05, 4.69) is 20.9 Å². The molecule has 0 aliphatic carbocycles. The molecule has 0 saturated carbocycles. The van der Waals surface area contributed by atoms with Crippen LogP contribution in [0.5, 0.6) is 0 Å². The fraction of sp³-hybridized carbons (Fsp3) is 0.652. The van der Waals surface area contributed by atoms with Crippen molar-refractivity contribution in [1.82, 2.24) is 0 Å². The number of hydrogen-bond acceptors (Lipinski definition) is 4. The van der Waals surface area contributed by atoms with Gasteiger partial charge in [0.05, 0.1) is 25.0 Å². The van der Waals surface area contributed by atoms with E-state index in [-0.39, 0.29) is 23.9 Å². The zero-order valence-corrected chi connectivity index (χ0v) is 18.5. The molecule has 0 spiro atoms. The molecule has 2 rings (SSSR count). The Morgan fingerprint density at radius 2 is 1.79 bits per heavy atom. The van der Waals surface area contributed by atoms with Crippen molar-refractivity contribution in [3.63, 3.8) is 0 Å². The first-order chi connectivity index (χ1) is 12.9. The normalized spacial score (nSPS) is 30.5. The lowest BCUT2D eigenvalue weighted by Gasteiger charge is -2.52. The molecule has 0 radical (unpaired) electrons. The van der Waals surface area contributed by atoms with E-state index in [4.69, 9.17) is 9.47 Å². The number of nitrogens with zero attached hydrogens (tertiary/aromatic N) is 1. The second-order valence-corrected chi connectivity index (χ2v) is 9.51. The molecule has 0 amide bonds. The molecule has 0 N–H and O–H groups in total. The Balaban J connectivity index is 2.29. The Labute approximate surface area is 169 Å². The fourth-order valence-electron chi connectivity index (χ4n) is 4.02. The highest BCUT2D eigenvalue weighted by Gasteiger charge is 2.54. The number of piperidine rings is 1. The van der Waals surface area contributed by atoms with Gasteiger partial charge in [-0.25, -0.2) is 0 Å². The molecule has 0 aromatic heterocycles. The number of likely N-dealkylation sites (tertiary alicyclic amines) is 1. The van der Waals surface area contributed by atoms with Gasteiger partial charge in [0.2, 0.25) is 6.73 Å². The number of carbonyl (C=O) groups is 2. The molecule has 1 aliphatic heterocycles. The van der Waals surface area contributed by atoms with Gasteiger partial charge >= 0.3 is 11.9 Å². The molecule has 4 atom stereocenters. The molecule has 4 unspecified atom stereocenters. The zero-order chi connectivity index (χ0) is 21.2. The van der Waals surface area contributed by atoms with Gasteiger partial charge in [0.25, 0.3) is 0 Å². The average molecular weight is 391 g/mol. The summed E-state index contributed by atoms with van der Waals surface area (Å²) in [6.45, 7) is 12.8. The minimum absolute atomic E-state index is 0.0833. The van der Waals surface area contributed by atoms with Gasteiger partial charge in [0, 0.05) is 18.8 Å². The lowest BCUT2D eigenvalue weighted by atomic mass is 9.73.